The zero-order valence-electron chi connectivity index (χ0n) is 16.5. The molecule has 1 aromatic heterocycles. The van der Waals surface area contributed by atoms with Gasteiger partial charge in [-0.1, -0.05) is 6.07 Å². The number of ether oxygens (including phenoxy) is 1. The molecule has 3 rings (SSSR count). The molecule has 0 saturated carbocycles. The average molecular weight is 434 g/mol. The Labute approximate surface area is 174 Å². The normalized spacial score (nSPS) is 14.7. The first kappa shape index (κ1) is 21.7. The summed E-state index contributed by atoms with van der Waals surface area (Å²) in [6.07, 6.45) is 5.74. The lowest BCUT2D eigenvalue weighted by Gasteiger charge is -2.28. The Balaban J connectivity index is 1.60. The van der Waals surface area contributed by atoms with Crippen molar-refractivity contribution in [3.05, 3.63) is 59.5 Å². The van der Waals surface area contributed by atoms with Gasteiger partial charge in [0.1, 0.15) is 11.6 Å². The van der Waals surface area contributed by atoms with Gasteiger partial charge in [0.15, 0.2) is 0 Å². The van der Waals surface area contributed by atoms with E-state index in [4.69, 9.17) is 4.74 Å². The predicted molar refractivity (Wildman–Crippen MR) is 113 cm³/mol. The van der Waals surface area contributed by atoms with Gasteiger partial charge in [-0.15, -0.1) is 0 Å². The van der Waals surface area contributed by atoms with Crippen LogP contribution >= 0.6 is 0 Å². The molecule has 0 atom stereocenters. The Morgan fingerprint density at radius 3 is 2.77 bits per heavy atom. The number of nitrogens with zero attached hydrogens (tertiary/aromatic N) is 2. The van der Waals surface area contributed by atoms with E-state index >= 15 is 0 Å². The van der Waals surface area contributed by atoms with E-state index in [1.165, 1.54) is 24.3 Å². The molecule has 0 spiro atoms. The lowest BCUT2D eigenvalue weighted by Crippen LogP contribution is -2.37. The summed E-state index contributed by atoms with van der Waals surface area (Å²) in [5.41, 5.74) is 1.18. The van der Waals surface area contributed by atoms with Crippen molar-refractivity contribution in [2.45, 2.75) is 6.54 Å². The Bertz CT molecular complexity index is 1040. The van der Waals surface area contributed by atoms with Gasteiger partial charge in [0.2, 0.25) is 15.9 Å². The van der Waals surface area contributed by atoms with Crippen LogP contribution in [-0.2, 0) is 26.1 Å². The van der Waals surface area contributed by atoms with Gasteiger partial charge in [-0.2, -0.15) is 0 Å². The summed E-state index contributed by atoms with van der Waals surface area (Å²) in [6, 6.07) is 7.71. The number of nitrogens with one attached hydrogen (secondary N) is 2. The molecule has 0 bridgehead atoms. The molecule has 1 saturated heterocycles. The zero-order valence-corrected chi connectivity index (χ0v) is 17.3. The molecule has 2 aromatic rings. The molecule has 2 N–H and O–H groups in total. The summed E-state index contributed by atoms with van der Waals surface area (Å²) in [5, 5.41) is 2.68. The number of hydrogen-bond acceptors (Lipinski definition) is 6. The molecule has 0 aliphatic carbocycles. The van der Waals surface area contributed by atoms with E-state index in [1.54, 1.807) is 18.3 Å². The first-order chi connectivity index (χ1) is 14.3. The summed E-state index contributed by atoms with van der Waals surface area (Å²) >= 11 is 0. The van der Waals surface area contributed by atoms with Gasteiger partial charge in [-0.3, -0.25) is 9.52 Å². The number of anilines is 2. The summed E-state index contributed by atoms with van der Waals surface area (Å²) in [5.74, 6) is -0.264. The van der Waals surface area contributed by atoms with Gasteiger partial charge >= 0.3 is 0 Å². The van der Waals surface area contributed by atoms with E-state index in [-0.39, 0.29) is 18.1 Å². The number of amides is 1. The van der Waals surface area contributed by atoms with Crippen molar-refractivity contribution in [1.29, 1.82) is 0 Å². The van der Waals surface area contributed by atoms with Gasteiger partial charge in [-0.25, -0.2) is 17.8 Å². The lowest BCUT2D eigenvalue weighted by molar-refractivity contribution is -0.116. The third-order valence-corrected chi connectivity index (χ3v) is 4.93. The van der Waals surface area contributed by atoms with Crippen molar-refractivity contribution in [3.8, 4) is 0 Å². The summed E-state index contributed by atoms with van der Waals surface area (Å²) in [7, 11) is -3.57. The largest absolute Gasteiger partial charge is 0.378 e. The molecular formula is C20H23FN4O4S. The van der Waals surface area contributed by atoms with Gasteiger partial charge < -0.3 is 15.0 Å². The molecule has 160 valence electrons. The average Bonchev–Trinajstić information content (AvgIpc) is 2.72. The number of carbonyl (C=O) groups is 1. The van der Waals surface area contributed by atoms with Crippen LogP contribution in [0.5, 0.6) is 0 Å². The smallest absolute Gasteiger partial charge is 0.244 e. The van der Waals surface area contributed by atoms with Crippen molar-refractivity contribution in [3.63, 3.8) is 0 Å². The minimum absolute atomic E-state index is 0.0998. The maximum absolute atomic E-state index is 14.0. The Morgan fingerprint density at radius 1 is 1.30 bits per heavy atom. The van der Waals surface area contributed by atoms with E-state index in [0.717, 1.165) is 30.7 Å². The Hall–Kier alpha value is -2.98. The van der Waals surface area contributed by atoms with Crippen molar-refractivity contribution in [1.82, 2.24) is 10.3 Å². The van der Waals surface area contributed by atoms with E-state index in [1.807, 2.05) is 6.07 Å². The van der Waals surface area contributed by atoms with E-state index in [2.05, 4.69) is 19.9 Å². The number of carbonyl (C=O) groups excluding carboxylic acids is 1. The minimum atomic E-state index is -3.57. The van der Waals surface area contributed by atoms with Crippen LogP contribution < -0.4 is 14.9 Å². The van der Waals surface area contributed by atoms with Crippen LogP contribution in [-0.4, -0.2) is 51.9 Å². The molecule has 8 nitrogen and oxygen atoms in total. The molecule has 2 heterocycles. The maximum atomic E-state index is 14.0. The number of halogens is 1. The molecule has 1 amide bonds. The molecule has 0 radical (unpaired) electrons. The fraction of sp³-hybridized carbons (Fsp3) is 0.300. The summed E-state index contributed by atoms with van der Waals surface area (Å²) in [6.45, 7) is 2.84. The highest BCUT2D eigenvalue weighted by Gasteiger charge is 2.14. The number of pyridine rings is 1. The van der Waals surface area contributed by atoms with Gasteiger partial charge in [0, 0.05) is 37.5 Å². The van der Waals surface area contributed by atoms with E-state index in [0.29, 0.717) is 18.8 Å². The van der Waals surface area contributed by atoms with Crippen LogP contribution in [0.3, 0.4) is 0 Å². The van der Waals surface area contributed by atoms with Gasteiger partial charge in [-0.05, 0) is 35.9 Å². The van der Waals surface area contributed by atoms with Crippen LogP contribution in [0.4, 0.5) is 15.9 Å². The van der Waals surface area contributed by atoms with Crippen LogP contribution in [0.1, 0.15) is 11.1 Å². The standard InChI is InChI=1S/C20H23FN4O4S/c1-30(27,28)24-18-6-4-15(13-17(18)21)14-23-19(26)7-5-16-3-2-8-22-20(16)25-9-11-29-12-10-25/h2-8,13,24H,9-12,14H2,1H3,(H,23,26)/b7-5-. The van der Waals surface area contributed by atoms with Crippen molar-refractivity contribution in [2.75, 3.05) is 42.2 Å². The lowest BCUT2D eigenvalue weighted by atomic mass is 10.2. The predicted octanol–water partition coefficient (Wildman–Crippen LogP) is 1.76. The zero-order chi connectivity index (χ0) is 21.6. The number of sulfonamides is 1. The highest BCUT2D eigenvalue weighted by molar-refractivity contribution is 7.92. The molecule has 1 aliphatic heterocycles. The number of aromatic nitrogens is 1. The molecule has 1 aliphatic rings. The molecular weight excluding hydrogens is 411 g/mol. The summed E-state index contributed by atoms with van der Waals surface area (Å²) in [4.78, 5) is 18.7. The third-order valence-electron chi connectivity index (χ3n) is 4.34. The highest BCUT2D eigenvalue weighted by Crippen LogP contribution is 2.20. The topological polar surface area (TPSA) is 101 Å². The molecule has 0 unspecified atom stereocenters. The first-order valence-corrected chi connectivity index (χ1v) is 11.2. The van der Waals surface area contributed by atoms with Crippen LogP contribution in [0, 0.1) is 5.82 Å². The number of rotatable bonds is 7. The van der Waals surface area contributed by atoms with Crippen molar-refractivity contribution in [2.24, 2.45) is 0 Å². The second-order valence-electron chi connectivity index (χ2n) is 6.76. The number of morpholine rings is 1. The molecule has 30 heavy (non-hydrogen) atoms. The molecule has 1 aromatic carbocycles. The van der Waals surface area contributed by atoms with Crippen molar-refractivity contribution < 1.29 is 22.3 Å². The fourth-order valence-electron chi connectivity index (χ4n) is 2.94. The van der Waals surface area contributed by atoms with Gasteiger partial charge in [0.25, 0.3) is 0 Å². The quantitative estimate of drug-likeness (QED) is 0.644. The second-order valence-corrected chi connectivity index (χ2v) is 8.50. The second kappa shape index (κ2) is 9.68. The third kappa shape index (κ3) is 6.26. The van der Waals surface area contributed by atoms with Crippen molar-refractivity contribution >= 4 is 33.5 Å². The maximum Gasteiger partial charge on any atom is 0.244 e. The van der Waals surface area contributed by atoms with Gasteiger partial charge in [0.05, 0.1) is 25.2 Å². The van der Waals surface area contributed by atoms with Crippen LogP contribution in [0.25, 0.3) is 6.08 Å². The number of benzene rings is 1. The van der Waals surface area contributed by atoms with E-state index in [9.17, 15) is 17.6 Å². The summed E-state index contributed by atoms with van der Waals surface area (Å²) < 4.78 is 43.9. The first-order valence-electron chi connectivity index (χ1n) is 9.32. The monoisotopic (exact) mass is 434 g/mol. The van der Waals surface area contributed by atoms with Crippen LogP contribution in [0.2, 0.25) is 0 Å². The highest BCUT2D eigenvalue weighted by atomic mass is 32.2. The Morgan fingerprint density at radius 2 is 2.07 bits per heavy atom. The SMILES string of the molecule is CS(=O)(=O)Nc1ccc(CNC(=O)/C=C\c2cccnc2N2CCOCC2)cc1F. The molecule has 10 heteroatoms. The number of hydrogen-bond donors (Lipinski definition) is 2. The molecule has 1 fully saturated rings. The van der Waals surface area contributed by atoms with E-state index < -0.39 is 15.8 Å². The Kier molecular flexibility index (Phi) is 7.01. The van der Waals surface area contributed by atoms with Crippen LogP contribution in [0.15, 0.2) is 42.6 Å². The minimum Gasteiger partial charge on any atom is -0.378 e. The fourth-order valence-corrected chi connectivity index (χ4v) is 3.51.